The highest BCUT2D eigenvalue weighted by molar-refractivity contribution is 7.89. The molecule has 22 heavy (non-hydrogen) atoms. The van der Waals surface area contributed by atoms with Crippen LogP contribution in [0.25, 0.3) is 0 Å². The standard InChI is InChI=1S/C12H19N3O6S/c1-4-21-12(18)8-6-13-14-10(8)22(19,20)15-9(11(16)17)5-7(2)3/h6-7,9,15H,4-5H2,1-3H3,(H,13,14)(H,16,17)/t9-/m0/s1. The number of aliphatic carboxylic acids is 1. The Bertz CT molecular complexity index is 637. The van der Waals surface area contributed by atoms with Gasteiger partial charge in [0.1, 0.15) is 11.6 Å². The quantitative estimate of drug-likeness (QED) is 0.584. The van der Waals surface area contributed by atoms with E-state index in [1.54, 1.807) is 20.8 Å². The van der Waals surface area contributed by atoms with E-state index < -0.39 is 33.0 Å². The number of nitrogens with zero attached hydrogens (tertiary/aromatic N) is 1. The van der Waals surface area contributed by atoms with Crippen molar-refractivity contribution >= 4 is 22.0 Å². The van der Waals surface area contributed by atoms with Gasteiger partial charge in [0.25, 0.3) is 10.0 Å². The molecule has 1 aromatic rings. The number of nitrogens with one attached hydrogen (secondary N) is 2. The van der Waals surface area contributed by atoms with Gasteiger partial charge in [0.2, 0.25) is 0 Å². The summed E-state index contributed by atoms with van der Waals surface area (Å²) in [7, 11) is -4.25. The van der Waals surface area contributed by atoms with Gasteiger partial charge in [-0.3, -0.25) is 9.89 Å². The second-order valence-electron chi connectivity index (χ2n) is 4.97. The summed E-state index contributed by atoms with van der Waals surface area (Å²) in [6.45, 7) is 5.19. The lowest BCUT2D eigenvalue weighted by atomic mass is 10.1. The van der Waals surface area contributed by atoms with Gasteiger partial charge in [-0.15, -0.1) is 0 Å². The molecule has 0 spiro atoms. The van der Waals surface area contributed by atoms with Crippen LogP contribution in [0.15, 0.2) is 11.2 Å². The molecule has 0 fully saturated rings. The average molecular weight is 333 g/mol. The molecule has 9 nitrogen and oxygen atoms in total. The molecule has 1 heterocycles. The van der Waals surface area contributed by atoms with Gasteiger partial charge >= 0.3 is 11.9 Å². The molecule has 0 saturated heterocycles. The second-order valence-corrected chi connectivity index (χ2v) is 6.63. The summed E-state index contributed by atoms with van der Waals surface area (Å²) in [6, 6.07) is -1.30. The molecule has 0 aromatic carbocycles. The molecular weight excluding hydrogens is 314 g/mol. The van der Waals surface area contributed by atoms with E-state index in [1.807, 2.05) is 0 Å². The van der Waals surface area contributed by atoms with Crippen LogP contribution in [0.2, 0.25) is 0 Å². The minimum absolute atomic E-state index is 0.0323. The Morgan fingerprint density at radius 1 is 1.45 bits per heavy atom. The first-order valence-electron chi connectivity index (χ1n) is 6.64. The van der Waals surface area contributed by atoms with Crippen molar-refractivity contribution in [3.8, 4) is 0 Å². The molecule has 0 amide bonds. The second kappa shape index (κ2) is 7.36. The fourth-order valence-corrected chi connectivity index (χ4v) is 3.04. The predicted octanol–water partition coefficient (Wildman–Crippen LogP) is 0.364. The van der Waals surface area contributed by atoms with Crippen molar-refractivity contribution in [3.63, 3.8) is 0 Å². The fraction of sp³-hybridized carbons (Fsp3) is 0.583. The number of H-pyrrole nitrogens is 1. The van der Waals surface area contributed by atoms with Crippen molar-refractivity contribution in [3.05, 3.63) is 11.8 Å². The predicted molar refractivity (Wildman–Crippen MR) is 75.7 cm³/mol. The maximum atomic E-state index is 12.3. The topological polar surface area (TPSA) is 138 Å². The molecule has 0 unspecified atom stereocenters. The average Bonchev–Trinajstić information content (AvgIpc) is 2.87. The molecular formula is C12H19N3O6S. The highest BCUT2D eigenvalue weighted by atomic mass is 32.2. The fourth-order valence-electron chi connectivity index (χ4n) is 1.75. The molecule has 0 saturated carbocycles. The number of carboxylic acid groups (broad SMARTS) is 1. The SMILES string of the molecule is CCOC(=O)c1cn[nH]c1S(=O)(=O)N[C@@H](CC(C)C)C(=O)O. The molecule has 1 rings (SSSR count). The van der Waals surface area contributed by atoms with Crippen molar-refractivity contribution < 1.29 is 27.9 Å². The number of sulfonamides is 1. The van der Waals surface area contributed by atoms with Gasteiger partial charge in [-0.25, -0.2) is 13.2 Å². The Balaban J connectivity index is 3.07. The highest BCUT2D eigenvalue weighted by Gasteiger charge is 2.31. The molecule has 0 aliphatic carbocycles. The maximum Gasteiger partial charge on any atom is 0.342 e. The number of rotatable bonds is 8. The number of carbonyl (C=O) groups is 2. The van der Waals surface area contributed by atoms with Crippen LogP contribution in [0.5, 0.6) is 0 Å². The molecule has 124 valence electrons. The molecule has 0 radical (unpaired) electrons. The van der Waals surface area contributed by atoms with E-state index in [4.69, 9.17) is 9.84 Å². The van der Waals surface area contributed by atoms with Crippen molar-refractivity contribution in [2.24, 2.45) is 5.92 Å². The number of hydrogen-bond donors (Lipinski definition) is 3. The van der Waals surface area contributed by atoms with E-state index in [-0.39, 0.29) is 24.5 Å². The summed E-state index contributed by atoms with van der Waals surface area (Å²) < 4.78 is 31.3. The Morgan fingerprint density at radius 2 is 2.09 bits per heavy atom. The first-order chi connectivity index (χ1) is 10.2. The zero-order valence-corrected chi connectivity index (χ0v) is 13.3. The van der Waals surface area contributed by atoms with Gasteiger partial charge < -0.3 is 9.84 Å². The molecule has 0 aliphatic heterocycles. The van der Waals surface area contributed by atoms with Gasteiger partial charge in [-0.2, -0.15) is 9.82 Å². The third-order valence-electron chi connectivity index (χ3n) is 2.67. The number of esters is 1. The van der Waals surface area contributed by atoms with Crippen LogP contribution >= 0.6 is 0 Å². The van der Waals surface area contributed by atoms with E-state index in [1.165, 1.54) is 0 Å². The van der Waals surface area contributed by atoms with Gasteiger partial charge in [-0.1, -0.05) is 13.8 Å². The van der Waals surface area contributed by atoms with Crippen LogP contribution in [0.4, 0.5) is 0 Å². The summed E-state index contributed by atoms with van der Waals surface area (Å²) >= 11 is 0. The van der Waals surface area contributed by atoms with Crippen molar-refractivity contribution in [2.75, 3.05) is 6.61 Å². The monoisotopic (exact) mass is 333 g/mol. The Hall–Kier alpha value is -1.94. The lowest BCUT2D eigenvalue weighted by Crippen LogP contribution is -2.42. The largest absolute Gasteiger partial charge is 0.480 e. The molecule has 3 N–H and O–H groups in total. The number of ether oxygens (including phenoxy) is 1. The van der Waals surface area contributed by atoms with E-state index in [0.29, 0.717) is 0 Å². The van der Waals surface area contributed by atoms with Gasteiger partial charge in [-0.05, 0) is 19.3 Å². The minimum Gasteiger partial charge on any atom is -0.480 e. The summed E-state index contributed by atoms with van der Waals surface area (Å²) in [5, 5.41) is 14.3. The van der Waals surface area contributed by atoms with Crippen molar-refractivity contribution in [1.29, 1.82) is 0 Å². The molecule has 1 aromatic heterocycles. The number of carbonyl (C=O) groups excluding carboxylic acids is 1. The van der Waals surface area contributed by atoms with E-state index in [9.17, 15) is 18.0 Å². The third kappa shape index (κ3) is 4.53. The van der Waals surface area contributed by atoms with Gasteiger partial charge in [0, 0.05) is 0 Å². The number of aromatic nitrogens is 2. The zero-order chi connectivity index (χ0) is 16.9. The Kier molecular flexibility index (Phi) is 6.06. The maximum absolute atomic E-state index is 12.3. The third-order valence-corrected chi connectivity index (χ3v) is 4.11. The van der Waals surface area contributed by atoms with E-state index in [2.05, 4.69) is 14.9 Å². The normalized spacial score (nSPS) is 13.1. The summed E-state index contributed by atoms with van der Waals surface area (Å²) in [4.78, 5) is 22.8. The van der Waals surface area contributed by atoms with Crippen LogP contribution in [-0.4, -0.2) is 48.3 Å². The first-order valence-corrected chi connectivity index (χ1v) is 8.13. The molecule has 0 bridgehead atoms. The van der Waals surface area contributed by atoms with Crippen LogP contribution < -0.4 is 4.72 Å². The van der Waals surface area contributed by atoms with Crippen molar-refractivity contribution in [2.45, 2.75) is 38.3 Å². The van der Waals surface area contributed by atoms with E-state index in [0.717, 1.165) is 6.20 Å². The number of hydrogen-bond acceptors (Lipinski definition) is 6. The van der Waals surface area contributed by atoms with Gasteiger partial charge in [0.15, 0.2) is 5.03 Å². The van der Waals surface area contributed by atoms with Crippen LogP contribution in [0.3, 0.4) is 0 Å². The van der Waals surface area contributed by atoms with Gasteiger partial charge in [0.05, 0.1) is 12.8 Å². The Morgan fingerprint density at radius 3 is 2.59 bits per heavy atom. The minimum atomic E-state index is -4.25. The lowest BCUT2D eigenvalue weighted by Gasteiger charge is -2.16. The Labute approximate surface area is 128 Å². The zero-order valence-electron chi connectivity index (χ0n) is 12.5. The van der Waals surface area contributed by atoms with Crippen LogP contribution in [0.1, 0.15) is 37.6 Å². The number of aromatic amines is 1. The van der Waals surface area contributed by atoms with Crippen LogP contribution in [0, 0.1) is 5.92 Å². The first kappa shape index (κ1) is 18.1. The molecule has 0 aliphatic rings. The summed E-state index contributed by atoms with van der Waals surface area (Å²) in [6.07, 6.45) is 1.13. The van der Waals surface area contributed by atoms with Crippen LogP contribution in [-0.2, 0) is 19.6 Å². The van der Waals surface area contributed by atoms with E-state index >= 15 is 0 Å². The van der Waals surface area contributed by atoms with Crippen molar-refractivity contribution in [1.82, 2.24) is 14.9 Å². The lowest BCUT2D eigenvalue weighted by molar-refractivity contribution is -0.139. The smallest absolute Gasteiger partial charge is 0.342 e. The molecule has 1 atom stereocenters. The summed E-state index contributed by atoms with van der Waals surface area (Å²) in [5.74, 6) is -2.18. The number of carboxylic acids is 1. The molecule has 10 heteroatoms. The highest BCUT2D eigenvalue weighted by Crippen LogP contribution is 2.15. The summed E-state index contributed by atoms with van der Waals surface area (Å²) in [5.41, 5.74) is -0.275.